The van der Waals surface area contributed by atoms with Gasteiger partial charge in [-0.1, -0.05) is 285 Å². The first-order valence-corrected chi connectivity index (χ1v) is 44.0. The lowest BCUT2D eigenvalue weighted by atomic mass is 10.1. The van der Waals surface area contributed by atoms with Crippen LogP contribution in [0.4, 0.5) is 0 Å². The van der Waals surface area contributed by atoms with Gasteiger partial charge in [0, 0.05) is 25.7 Å². The number of phosphoric acid groups is 2. The molecule has 5 unspecified atom stereocenters. The molecule has 19 heteroatoms. The maximum absolute atomic E-state index is 13.1. The van der Waals surface area contributed by atoms with E-state index in [0.29, 0.717) is 32.1 Å². The second-order valence-corrected chi connectivity index (χ2v) is 29.1. The van der Waals surface area contributed by atoms with Gasteiger partial charge in [0.15, 0.2) is 12.2 Å². The van der Waals surface area contributed by atoms with Gasteiger partial charge in [-0.25, -0.2) is 9.13 Å². The van der Waals surface area contributed by atoms with Crippen molar-refractivity contribution in [2.75, 3.05) is 39.6 Å². The topological polar surface area (TPSA) is 237 Å². The maximum Gasteiger partial charge on any atom is 0.472 e. The number of aliphatic hydroxyl groups excluding tert-OH is 1. The molecule has 0 radical (unpaired) electrons. The Balaban J connectivity index is 5.55. The smallest absolute Gasteiger partial charge is 0.462 e. The van der Waals surface area contributed by atoms with Gasteiger partial charge < -0.3 is 33.8 Å². The van der Waals surface area contributed by atoms with Gasteiger partial charge in [-0.3, -0.25) is 37.3 Å². The zero-order valence-corrected chi connectivity index (χ0v) is 69.4. The van der Waals surface area contributed by atoms with Gasteiger partial charge in [0.25, 0.3) is 0 Å². The minimum atomic E-state index is -5.02. The molecule has 110 heavy (non-hydrogen) atoms. The lowest BCUT2D eigenvalue weighted by Gasteiger charge is -2.21. The Morgan fingerprint density at radius 2 is 0.464 bits per heavy atom. The molecule has 0 aliphatic carbocycles. The van der Waals surface area contributed by atoms with Crippen molar-refractivity contribution in [2.45, 2.75) is 290 Å². The predicted molar refractivity (Wildman–Crippen MR) is 454 cm³/mol. The van der Waals surface area contributed by atoms with Crippen molar-refractivity contribution >= 4 is 39.5 Å². The van der Waals surface area contributed by atoms with Gasteiger partial charge in [0.05, 0.1) is 26.4 Å². The van der Waals surface area contributed by atoms with Crippen LogP contribution in [-0.2, 0) is 65.4 Å². The third kappa shape index (κ3) is 79.5. The molecule has 0 saturated carbocycles. The number of esters is 4. The van der Waals surface area contributed by atoms with Crippen molar-refractivity contribution in [1.82, 2.24) is 0 Å². The molecule has 0 bridgehead atoms. The fourth-order valence-electron chi connectivity index (χ4n) is 9.86. The van der Waals surface area contributed by atoms with Gasteiger partial charge >= 0.3 is 39.5 Å². The van der Waals surface area contributed by atoms with Crippen LogP contribution in [0, 0.1) is 0 Å². The molecule has 0 aromatic carbocycles. The molecule has 5 atom stereocenters. The number of hydrogen-bond acceptors (Lipinski definition) is 15. The monoisotopic (exact) mass is 1570 g/mol. The van der Waals surface area contributed by atoms with Crippen LogP contribution in [0.5, 0.6) is 0 Å². The van der Waals surface area contributed by atoms with Crippen LogP contribution in [0.3, 0.4) is 0 Å². The summed E-state index contributed by atoms with van der Waals surface area (Å²) < 4.78 is 68.6. The first-order valence-electron chi connectivity index (χ1n) is 41.0. The molecule has 0 aliphatic heterocycles. The van der Waals surface area contributed by atoms with Gasteiger partial charge in [0.1, 0.15) is 19.3 Å². The van der Waals surface area contributed by atoms with E-state index >= 15 is 0 Å². The molecule has 0 fully saturated rings. The molecule has 0 spiro atoms. The van der Waals surface area contributed by atoms with Crippen LogP contribution in [-0.4, -0.2) is 96.7 Å². The summed E-state index contributed by atoms with van der Waals surface area (Å²) in [4.78, 5) is 73.2. The average molecular weight is 1570 g/mol. The number of carbonyl (C=O) groups excluding carboxylic acids is 4. The molecule has 0 heterocycles. The SMILES string of the molecule is CC/C=C\C/C=C\C/C=C\C/C=C\C/C=C\C/C=C\CCC(=O)OCC(COP(=O)(O)OCC(O)COP(=O)(O)OCC(COC(=O)CCCCCC/C=C\C/C=C\C/C=C\C/C=C\CC)OC(=O)CCCCCC/C=C\C/C=C\C/C=C\C/C=C\CC)OC(=O)CCCCCC/C=C\C/C=C\C/C=C\C/C=C\CC. The molecule has 618 valence electrons. The van der Waals surface area contributed by atoms with E-state index in [0.717, 1.165) is 186 Å². The number of carbonyl (C=O) groups is 4. The molecule has 0 aromatic rings. The van der Waals surface area contributed by atoms with Gasteiger partial charge in [-0.2, -0.15) is 0 Å². The highest BCUT2D eigenvalue weighted by Crippen LogP contribution is 2.45. The summed E-state index contributed by atoms with van der Waals surface area (Å²) in [6, 6.07) is 0. The summed E-state index contributed by atoms with van der Waals surface area (Å²) in [5.41, 5.74) is 0. The number of unbranched alkanes of at least 4 members (excludes halogenated alkanes) is 12. The molecule has 0 saturated heterocycles. The summed E-state index contributed by atoms with van der Waals surface area (Å²) in [7, 11) is -10.0. The Kier molecular flexibility index (Phi) is 75.6. The molecule has 0 amide bonds. The van der Waals surface area contributed by atoms with Crippen molar-refractivity contribution in [3.05, 3.63) is 219 Å². The Bertz CT molecular complexity index is 2950. The summed E-state index contributed by atoms with van der Waals surface area (Å²) in [6.45, 7) is 4.22. The lowest BCUT2D eigenvalue weighted by Crippen LogP contribution is -2.30. The molecular formula is C91H142O17P2. The van der Waals surface area contributed by atoms with Gasteiger partial charge in [-0.05, 0) is 180 Å². The first kappa shape index (κ1) is 103. The van der Waals surface area contributed by atoms with E-state index < -0.39 is 97.5 Å². The number of aliphatic hydroxyl groups is 1. The molecule has 3 N–H and O–H groups in total. The standard InChI is InChI=1S/C91H142O17P2/c1-5-9-13-17-21-25-29-33-37-41-42-46-48-52-56-60-64-68-72-76-89(94)102-82-87(108-91(96)78-74-70-66-62-58-54-50-45-40-36-32-28-24-20-16-12-8-4)84-106-110(99,100)104-80-85(92)79-103-109(97,98)105-83-86(107-90(95)77-73-69-65-61-57-53-49-44-39-35-31-27-23-19-15-11-7-3)81-101-88(93)75-71-67-63-59-55-51-47-43-38-34-30-26-22-18-14-10-6-2/h9-16,21-28,33-40,42,46-47,49-54,56,64,68,85-87,92H,5-8,17-20,29-32,41,43-45,48,55,57-63,65-67,69-84H2,1-4H3,(H,97,98)(H,99,100)/b13-9-,14-10-,15-11-,16-12-,25-21-,26-22-,27-23-,28-24-,37-33-,38-34-,39-35-,40-36-,46-42-,51-47-,53-49-,54-50-,56-52-,68-64-. The van der Waals surface area contributed by atoms with Crippen LogP contribution < -0.4 is 0 Å². The Morgan fingerprint density at radius 3 is 0.727 bits per heavy atom. The Labute approximate surface area is 664 Å². The molecule has 0 rings (SSSR count). The van der Waals surface area contributed by atoms with E-state index in [1.165, 1.54) is 0 Å². The van der Waals surface area contributed by atoms with Crippen molar-refractivity contribution in [3.63, 3.8) is 0 Å². The van der Waals surface area contributed by atoms with Crippen molar-refractivity contribution in [3.8, 4) is 0 Å². The largest absolute Gasteiger partial charge is 0.472 e. The van der Waals surface area contributed by atoms with E-state index in [-0.39, 0.29) is 25.7 Å². The zero-order chi connectivity index (χ0) is 80.3. The van der Waals surface area contributed by atoms with Crippen molar-refractivity contribution in [1.29, 1.82) is 0 Å². The summed E-state index contributed by atoms with van der Waals surface area (Å²) >= 11 is 0. The van der Waals surface area contributed by atoms with E-state index in [1.54, 1.807) is 0 Å². The van der Waals surface area contributed by atoms with Gasteiger partial charge in [0.2, 0.25) is 0 Å². The van der Waals surface area contributed by atoms with Crippen LogP contribution in [0.25, 0.3) is 0 Å². The van der Waals surface area contributed by atoms with Crippen LogP contribution in [0.1, 0.15) is 272 Å². The minimum absolute atomic E-state index is 0.0202. The number of allylic oxidation sites excluding steroid dienone is 36. The van der Waals surface area contributed by atoms with Crippen molar-refractivity contribution in [2.24, 2.45) is 0 Å². The fraction of sp³-hybridized carbons (Fsp3) is 0.560. The number of rotatable bonds is 74. The van der Waals surface area contributed by atoms with Crippen LogP contribution in [0.2, 0.25) is 0 Å². The maximum atomic E-state index is 13.1. The third-order valence-electron chi connectivity index (χ3n) is 15.9. The number of phosphoric ester groups is 2. The molecule has 17 nitrogen and oxygen atoms in total. The van der Waals surface area contributed by atoms with E-state index in [2.05, 4.69) is 228 Å². The average Bonchev–Trinajstić information content (AvgIpc) is 0.906. The highest BCUT2D eigenvalue weighted by atomic mass is 31.2. The van der Waals surface area contributed by atoms with Gasteiger partial charge in [-0.15, -0.1) is 0 Å². The van der Waals surface area contributed by atoms with Crippen LogP contribution in [0.15, 0.2) is 219 Å². The second-order valence-electron chi connectivity index (χ2n) is 26.2. The predicted octanol–water partition coefficient (Wildman–Crippen LogP) is 24.4. The van der Waals surface area contributed by atoms with Crippen LogP contribution >= 0.6 is 15.6 Å². The Hall–Kier alpha value is -6.62. The highest BCUT2D eigenvalue weighted by molar-refractivity contribution is 7.47. The molecule has 0 aliphatic rings. The quantitative estimate of drug-likeness (QED) is 0.0169. The third-order valence-corrected chi connectivity index (χ3v) is 17.8. The summed E-state index contributed by atoms with van der Waals surface area (Å²) in [5, 5.41) is 10.7. The van der Waals surface area contributed by atoms with E-state index in [9.17, 15) is 43.2 Å². The number of ether oxygens (including phenoxy) is 4. The zero-order valence-electron chi connectivity index (χ0n) is 67.6. The Morgan fingerprint density at radius 1 is 0.255 bits per heavy atom. The van der Waals surface area contributed by atoms with E-state index in [4.69, 9.17) is 37.0 Å². The minimum Gasteiger partial charge on any atom is -0.462 e. The summed E-state index contributed by atoms with van der Waals surface area (Å²) in [6.07, 6.45) is 102. The van der Waals surface area contributed by atoms with E-state index in [1.807, 2.05) is 18.2 Å². The fourth-order valence-corrected chi connectivity index (χ4v) is 11.4. The summed E-state index contributed by atoms with van der Waals surface area (Å²) in [5.74, 6) is -2.38. The second kappa shape index (κ2) is 80.4. The molecular weight excluding hydrogens is 1430 g/mol. The highest BCUT2D eigenvalue weighted by Gasteiger charge is 2.30. The first-order chi connectivity index (χ1) is 53.7. The normalized spacial score (nSPS) is 14.9. The lowest BCUT2D eigenvalue weighted by molar-refractivity contribution is -0.161. The molecule has 0 aromatic heterocycles. The van der Waals surface area contributed by atoms with Crippen molar-refractivity contribution < 1.29 is 80.2 Å². The number of hydrogen-bond donors (Lipinski definition) is 3.